The van der Waals surface area contributed by atoms with Crippen molar-refractivity contribution >= 4 is 11.6 Å². The number of aryl methyl sites for hydroxylation is 1. The molecule has 1 atom stereocenters. The lowest BCUT2D eigenvalue weighted by Crippen LogP contribution is -2.39. The number of carbonyl (C=O) groups is 1. The van der Waals surface area contributed by atoms with Crippen LogP contribution in [0.5, 0.6) is 0 Å². The minimum atomic E-state index is 0.306. The van der Waals surface area contributed by atoms with Gasteiger partial charge in [0.05, 0.1) is 0 Å². The number of para-hydroxylation sites is 1. The SMILES string of the molecule is O=C(CC1CCCNC1)N1CCCc2ccccc21. The lowest BCUT2D eigenvalue weighted by atomic mass is 9.94. The van der Waals surface area contributed by atoms with Crippen LogP contribution in [0.1, 0.15) is 31.2 Å². The van der Waals surface area contributed by atoms with E-state index < -0.39 is 0 Å². The fourth-order valence-corrected chi connectivity index (χ4v) is 3.25. The Morgan fingerprint density at radius 2 is 2.21 bits per heavy atom. The Balaban J connectivity index is 1.70. The molecule has 1 unspecified atom stereocenters. The molecule has 102 valence electrons. The molecule has 0 aromatic heterocycles. The van der Waals surface area contributed by atoms with Gasteiger partial charge in [-0.1, -0.05) is 18.2 Å². The van der Waals surface area contributed by atoms with Crippen LogP contribution in [0.25, 0.3) is 0 Å². The van der Waals surface area contributed by atoms with Crippen molar-refractivity contribution < 1.29 is 4.79 Å². The molecule has 1 aromatic carbocycles. The van der Waals surface area contributed by atoms with E-state index in [4.69, 9.17) is 0 Å². The number of rotatable bonds is 2. The molecule has 0 spiro atoms. The first kappa shape index (κ1) is 12.7. The summed E-state index contributed by atoms with van der Waals surface area (Å²) >= 11 is 0. The number of benzene rings is 1. The molecule has 1 fully saturated rings. The summed E-state index contributed by atoms with van der Waals surface area (Å²) in [5, 5.41) is 3.39. The molecule has 2 aliphatic rings. The Labute approximate surface area is 115 Å². The first-order valence-electron chi connectivity index (χ1n) is 7.43. The number of hydrogen-bond acceptors (Lipinski definition) is 2. The highest BCUT2D eigenvalue weighted by Gasteiger charge is 2.25. The predicted molar refractivity (Wildman–Crippen MR) is 77.3 cm³/mol. The van der Waals surface area contributed by atoms with Gasteiger partial charge in [-0.3, -0.25) is 4.79 Å². The zero-order valence-corrected chi connectivity index (χ0v) is 11.4. The van der Waals surface area contributed by atoms with E-state index in [0.717, 1.165) is 38.2 Å². The molecule has 1 aromatic rings. The molecule has 1 saturated heterocycles. The summed E-state index contributed by atoms with van der Waals surface area (Å²) in [4.78, 5) is 14.5. The van der Waals surface area contributed by atoms with E-state index in [9.17, 15) is 4.79 Å². The number of hydrogen-bond donors (Lipinski definition) is 1. The van der Waals surface area contributed by atoms with Gasteiger partial charge in [0.1, 0.15) is 0 Å². The van der Waals surface area contributed by atoms with E-state index in [-0.39, 0.29) is 0 Å². The molecule has 0 radical (unpaired) electrons. The Morgan fingerprint density at radius 3 is 3.05 bits per heavy atom. The zero-order chi connectivity index (χ0) is 13.1. The van der Waals surface area contributed by atoms with Crippen molar-refractivity contribution in [1.82, 2.24) is 5.32 Å². The predicted octanol–water partition coefficient (Wildman–Crippen LogP) is 2.36. The molecule has 0 bridgehead atoms. The maximum Gasteiger partial charge on any atom is 0.227 e. The quantitative estimate of drug-likeness (QED) is 0.883. The van der Waals surface area contributed by atoms with Gasteiger partial charge < -0.3 is 10.2 Å². The lowest BCUT2D eigenvalue weighted by molar-refractivity contribution is -0.119. The Hall–Kier alpha value is -1.35. The summed E-state index contributed by atoms with van der Waals surface area (Å²) < 4.78 is 0. The van der Waals surface area contributed by atoms with Crippen molar-refractivity contribution in [2.24, 2.45) is 5.92 Å². The number of nitrogens with zero attached hydrogens (tertiary/aromatic N) is 1. The van der Waals surface area contributed by atoms with Crippen LogP contribution >= 0.6 is 0 Å². The summed E-state index contributed by atoms with van der Waals surface area (Å²) in [6.45, 7) is 2.99. The maximum atomic E-state index is 12.5. The number of carbonyl (C=O) groups excluding carboxylic acids is 1. The van der Waals surface area contributed by atoms with Gasteiger partial charge in [0.25, 0.3) is 0 Å². The molecule has 2 heterocycles. The highest BCUT2D eigenvalue weighted by atomic mass is 16.2. The molecule has 2 aliphatic heterocycles. The number of anilines is 1. The van der Waals surface area contributed by atoms with Crippen LogP contribution < -0.4 is 10.2 Å². The topological polar surface area (TPSA) is 32.3 Å². The molecular formula is C16H22N2O. The van der Waals surface area contributed by atoms with Gasteiger partial charge in [-0.2, -0.15) is 0 Å². The average Bonchev–Trinajstić information content (AvgIpc) is 2.47. The van der Waals surface area contributed by atoms with Crippen molar-refractivity contribution in [2.45, 2.75) is 32.1 Å². The second-order valence-electron chi connectivity index (χ2n) is 5.69. The fourth-order valence-electron chi connectivity index (χ4n) is 3.25. The summed E-state index contributed by atoms with van der Waals surface area (Å²) in [5.41, 5.74) is 2.46. The summed E-state index contributed by atoms with van der Waals surface area (Å²) in [5.74, 6) is 0.830. The standard InChI is InChI=1S/C16H22N2O/c19-16(11-13-5-3-9-17-12-13)18-10-4-7-14-6-1-2-8-15(14)18/h1-2,6,8,13,17H,3-5,7,9-12H2. The third kappa shape index (κ3) is 2.81. The number of nitrogens with one attached hydrogen (secondary N) is 1. The highest BCUT2D eigenvalue weighted by Crippen LogP contribution is 2.28. The van der Waals surface area contributed by atoms with Gasteiger partial charge in [-0.25, -0.2) is 0 Å². The normalized spacial score (nSPS) is 22.9. The molecule has 1 amide bonds. The van der Waals surface area contributed by atoms with Crippen LogP contribution in [0.2, 0.25) is 0 Å². The first-order chi connectivity index (χ1) is 9.34. The molecular weight excluding hydrogens is 236 g/mol. The average molecular weight is 258 g/mol. The second-order valence-corrected chi connectivity index (χ2v) is 5.69. The summed E-state index contributed by atoms with van der Waals surface area (Å²) in [7, 11) is 0. The third-order valence-electron chi connectivity index (χ3n) is 4.27. The van der Waals surface area contributed by atoms with Crippen LogP contribution in [-0.4, -0.2) is 25.5 Å². The third-order valence-corrected chi connectivity index (χ3v) is 4.27. The molecule has 19 heavy (non-hydrogen) atoms. The van der Waals surface area contributed by atoms with Gasteiger partial charge in [-0.15, -0.1) is 0 Å². The molecule has 3 rings (SSSR count). The van der Waals surface area contributed by atoms with Crippen molar-refractivity contribution in [3.8, 4) is 0 Å². The molecule has 0 saturated carbocycles. The van der Waals surface area contributed by atoms with Crippen LogP contribution in [0, 0.1) is 5.92 Å². The van der Waals surface area contributed by atoms with E-state index >= 15 is 0 Å². The molecule has 3 nitrogen and oxygen atoms in total. The van der Waals surface area contributed by atoms with E-state index in [0.29, 0.717) is 18.2 Å². The van der Waals surface area contributed by atoms with Gasteiger partial charge in [-0.05, 0) is 56.3 Å². The van der Waals surface area contributed by atoms with Crippen LogP contribution in [0.15, 0.2) is 24.3 Å². The van der Waals surface area contributed by atoms with Crippen molar-refractivity contribution in [3.63, 3.8) is 0 Å². The van der Waals surface area contributed by atoms with E-state index in [1.165, 1.54) is 18.4 Å². The fraction of sp³-hybridized carbons (Fsp3) is 0.562. The highest BCUT2D eigenvalue weighted by molar-refractivity contribution is 5.94. The van der Waals surface area contributed by atoms with Gasteiger partial charge in [0.15, 0.2) is 0 Å². The Kier molecular flexibility index (Phi) is 3.83. The van der Waals surface area contributed by atoms with E-state index in [1.54, 1.807) is 0 Å². The van der Waals surface area contributed by atoms with Crippen molar-refractivity contribution in [1.29, 1.82) is 0 Å². The number of amides is 1. The smallest absolute Gasteiger partial charge is 0.227 e. The Morgan fingerprint density at radius 1 is 1.32 bits per heavy atom. The van der Waals surface area contributed by atoms with Crippen molar-refractivity contribution in [2.75, 3.05) is 24.5 Å². The number of fused-ring (bicyclic) bond motifs is 1. The monoisotopic (exact) mass is 258 g/mol. The minimum Gasteiger partial charge on any atom is -0.316 e. The Bertz CT molecular complexity index is 452. The van der Waals surface area contributed by atoms with Crippen LogP contribution in [0.4, 0.5) is 5.69 Å². The van der Waals surface area contributed by atoms with E-state index in [2.05, 4.69) is 23.5 Å². The zero-order valence-electron chi connectivity index (χ0n) is 11.4. The molecule has 0 aliphatic carbocycles. The minimum absolute atomic E-state index is 0.306. The maximum absolute atomic E-state index is 12.5. The number of piperidine rings is 1. The second kappa shape index (κ2) is 5.74. The molecule has 1 N–H and O–H groups in total. The molecule has 3 heteroatoms. The first-order valence-corrected chi connectivity index (χ1v) is 7.43. The van der Waals surface area contributed by atoms with Gasteiger partial charge in [0, 0.05) is 18.7 Å². The largest absolute Gasteiger partial charge is 0.316 e. The summed E-state index contributed by atoms with van der Waals surface area (Å²) in [6.07, 6.45) is 5.28. The van der Waals surface area contributed by atoms with Gasteiger partial charge >= 0.3 is 0 Å². The van der Waals surface area contributed by atoms with E-state index in [1.807, 2.05) is 11.0 Å². The summed E-state index contributed by atoms with van der Waals surface area (Å²) in [6, 6.07) is 8.34. The van der Waals surface area contributed by atoms with Gasteiger partial charge in [0.2, 0.25) is 5.91 Å². The van der Waals surface area contributed by atoms with Crippen molar-refractivity contribution in [3.05, 3.63) is 29.8 Å². The van der Waals surface area contributed by atoms with Crippen LogP contribution in [-0.2, 0) is 11.2 Å². The lowest BCUT2D eigenvalue weighted by Gasteiger charge is -2.31. The van der Waals surface area contributed by atoms with Crippen LogP contribution in [0.3, 0.4) is 0 Å².